The average Bonchev–Trinajstić information content (AvgIpc) is 3.20. The van der Waals surface area contributed by atoms with Gasteiger partial charge < -0.3 is 15.3 Å². The highest BCUT2D eigenvalue weighted by Crippen LogP contribution is 2.34. The number of unbranched alkanes of at least 4 members (excludes halogenated alkanes) is 1. The molecule has 154 valence electrons. The molecule has 1 aliphatic heterocycles. The molecule has 2 N–H and O–H groups in total. The molecule has 7 heteroatoms. The number of benzene rings is 2. The highest BCUT2D eigenvalue weighted by atomic mass is 35.5. The Hall–Kier alpha value is -2.24. The van der Waals surface area contributed by atoms with E-state index < -0.39 is 6.04 Å². The number of nitrogens with zero attached hydrogens (tertiary/aromatic N) is 1. The number of carbonyl (C=O) groups excluding carboxylic acids is 2. The van der Waals surface area contributed by atoms with Gasteiger partial charge in [-0.2, -0.15) is 0 Å². The van der Waals surface area contributed by atoms with Gasteiger partial charge in [-0.1, -0.05) is 42.6 Å². The van der Waals surface area contributed by atoms with Gasteiger partial charge in [0.05, 0.1) is 10.0 Å². The van der Waals surface area contributed by atoms with Crippen molar-refractivity contribution < 1.29 is 14.7 Å². The van der Waals surface area contributed by atoms with Gasteiger partial charge in [0.25, 0.3) is 5.91 Å². The van der Waals surface area contributed by atoms with E-state index in [-0.39, 0.29) is 17.6 Å². The molecule has 0 radical (unpaired) electrons. The number of amides is 2. The zero-order chi connectivity index (χ0) is 21.0. The molecule has 29 heavy (non-hydrogen) atoms. The Morgan fingerprint density at radius 1 is 1.17 bits per heavy atom. The second-order valence-electron chi connectivity index (χ2n) is 7.16. The number of likely N-dealkylation sites (tertiary alicyclic amines) is 1. The smallest absolute Gasteiger partial charge is 0.254 e. The minimum absolute atomic E-state index is 0.0372. The van der Waals surface area contributed by atoms with Gasteiger partial charge in [-0.25, -0.2) is 0 Å². The summed E-state index contributed by atoms with van der Waals surface area (Å²) in [4.78, 5) is 27.2. The standard InChI is InChI=1S/C22H24Cl2N2O3/c1-2-3-10-25-21(28)19-5-4-11-26(19)22(29)15-7-9-20(27)16(12-15)14-6-8-17(23)18(24)13-14/h6-9,12-13,19,27H,2-5,10-11H2,1H3,(H,25,28)/t19-/m0/s1. The van der Waals surface area contributed by atoms with E-state index in [1.807, 2.05) is 0 Å². The fourth-order valence-corrected chi connectivity index (χ4v) is 3.82. The largest absolute Gasteiger partial charge is 0.507 e. The van der Waals surface area contributed by atoms with Crippen molar-refractivity contribution >= 4 is 35.0 Å². The van der Waals surface area contributed by atoms with Crippen LogP contribution in [-0.4, -0.2) is 41.0 Å². The van der Waals surface area contributed by atoms with E-state index in [9.17, 15) is 14.7 Å². The molecule has 3 rings (SSSR count). The normalized spacial score (nSPS) is 16.1. The summed E-state index contributed by atoms with van der Waals surface area (Å²) in [6, 6.07) is 9.25. The Kier molecular flexibility index (Phi) is 7.04. The molecule has 5 nitrogen and oxygen atoms in total. The van der Waals surface area contributed by atoms with Crippen LogP contribution in [0.2, 0.25) is 10.0 Å². The second kappa shape index (κ2) is 9.51. The summed E-state index contributed by atoms with van der Waals surface area (Å²) in [6.45, 7) is 3.22. The molecule has 2 aromatic carbocycles. The third kappa shape index (κ3) is 4.85. The maximum absolute atomic E-state index is 13.1. The third-order valence-electron chi connectivity index (χ3n) is 5.12. The van der Waals surface area contributed by atoms with Crippen LogP contribution in [0.1, 0.15) is 43.0 Å². The summed E-state index contributed by atoms with van der Waals surface area (Å²) in [7, 11) is 0. The van der Waals surface area contributed by atoms with Gasteiger partial charge in [0, 0.05) is 24.2 Å². The fourth-order valence-electron chi connectivity index (χ4n) is 3.52. The van der Waals surface area contributed by atoms with E-state index >= 15 is 0 Å². The highest BCUT2D eigenvalue weighted by Gasteiger charge is 2.34. The van der Waals surface area contributed by atoms with Crippen molar-refractivity contribution in [1.29, 1.82) is 0 Å². The predicted molar refractivity (Wildman–Crippen MR) is 116 cm³/mol. The van der Waals surface area contributed by atoms with Crippen molar-refractivity contribution in [3.05, 3.63) is 52.0 Å². The number of halogens is 2. The van der Waals surface area contributed by atoms with E-state index in [1.54, 1.807) is 35.2 Å². The van der Waals surface area contributed by atoms with Gasteiger partial charge in [0.2, 0.25) is 5.91 Å². The zero-order valence-electron chi connectivity index (χ0n) is 16.3. The van der Waals surface area contributed by atoms with Gasteiger partial charge >= 0.3 is 0 Å². The van der Waals surface area contributed by atoms with Crippen LogP contribution in [0.4, 0.5) is 0 Å². The topological polar surface area (TPSA) is 69.6 Å². The SMILES string of the molecule is CCCCNC(=O)[C@@H]1CCCN1C(=O)c1ccc(O)c(-c2ccc(Cl)c(Cl)c2)c1. The van der Waals surface area contributed by atoms with Crippen LogP contribution in [0.25, 0.3) is 11.1 Å². The number of hydrogen-bond donors (Lipinski definition) is 2. The van der Waals surface area contributed by atoms with Gasteiger partial charge in [0.1, 0.15) is 11.8 Å². The quantitative estimate of drug-likeness (QED) is 0.635. The molecular weight excluding hydrogens is 411 g/mol. The van der Waals surface area contributed by atoms with E-state index in [1.165, 1.54) is 6.07 Å². The maximum Gasteiger partial charge on any atom is 0.254 e. The summed E-state index contributed by atoms with van der Waals surface area (Å²) in [5.74, 6) is -0.289. The van der Waals surface area contributed by atoms with Crippen LogP contribution in [0.15, 0.2) is 36.4 Å². The molecule has 1 atom stereocenters. The zero-order valence-corrected chi connectivity index (χ0v) is 17.8. The van der Waals surface area contributed by atoms with Crippen molar-refractivity contribution in [3.8, 4) is 16.9 Å². The first-order chi connectivity index (χ1) is 13.9. The Morgan fingerprint density at radius 3 is 2.69 bits per heavy atom. The molecule has 0 saturated carbocycles. The number of aromatic hydroxyl groups is 1. The predicted octanol–water partition coefficient (Wildman–Crippen LogP) is 4.89. The summed E-state index contributed by atoms with van der Waals surface area (Å²) >= 11 is 12.1. The molecule has 2 aromatic rings. The van der Waals surface area contributed by atoms with Crippen molar-refractivity contribution in [3.63, 3.8) is 0 Å². The van der Waals surface area contributed by atoms with Crippen LogP contribution in [0.5, 0.6) is 5.75 Å². The number of phenolic OH excluding ortho intramolecular Hbond substituents is 1. The van der Waals surface area contributed by atoms with Crippen LogP contribution < -0.4 is 5.32 Å². The molecule has 1 saturated heterocycles. The molecule has 0 unspecified atom stereocenters. The Labute approximate surface area is 180 Å². The first-order valence-electron chi connectivity index (χ1n) is 9.79. The molecular formula is C22H24Cl2N2O3. The van der Waals surface area contributed by atoms with E-state index in [0.29, 0.717) is 46.2 Å². The summed E-state index contributed by atoms with van der Waals surface area (Å²) in [5.41, 5.74) is 1.55. The Balaban J connectivity index is 1.83. The lowest BCUT2D eigenvalue weighted by Crippen LogP contribution is -2.46. The van der Waals surface area contributed by atoms with Crippen molar-refractivity contribution in [2.75, 3.05) is 13.1 Å². The van der Waals surface area contributed by atoms with E-state index in [2.05, 4.69) is 12.2 Å². The molecule has 0 aliphatic carbocycles. The van der Waals surface area contributed by atoms with Crippen LogP contribution in [-0.2, 0) is 4.79 Å². The maximum atomic E-state index is 13.1. The van der Waals surface area contributed by atoms with Crippen molar-refractivity contribution in [1.82, 2.24) is 10.2 Å². The van der Waals surface area contributed by atoms with Crippen LogP contribution >= 0.6 is 23.2 Å². The minimum atomic E-state index is -0.457. The van der Waals surface area contributed by atoms with Gasteiger partial charge in [0.15, 0.2) is 0 Å². The van der Waals surface area contributed by atoms with Gasteiger partial charge in [-0.3, -0.25) is 9.59 Å². The van der Waals surface area contributed by atoms with E-state index in [0.717, 1.165) is 19.3 Å². The molecule has 1 heterocycles. The molecule has 1 fully saturated rings. The number of carbonyl (C=O) groups is 2. The van der Waals surface area contributed by atoms with E-state index in [4.69, 9.17) is 23.2 Å². The monoisotopic (exact) mass is 434 g/mol. The average molecular weight is 435 g/mol. The first-order valence-corrected chi connectivity index (χ1v) is 10.5. The minimum Gasteiger partial charge on any atom is -0.507 e. The van der Waals surface area contributed by atoms with Gasteiger partial charge in [-0.05, 0) is 55.2 Å². The number of nitrogens with one attached hydrogen (secondary N) is 1. The molecule has 0 aromatic heterocycles. The van der Waals surface area contributed by atoms with Crippen LogP contribution in [0, 0.1) is 0 Å². The molecule has 2 amide bonds. The first kappa shape index (κ1) is 21.5. The summed E-state index contributed by atoms with van der Waals surface area (Å²) < 4.78 is 0. The van der Waals surface area contributed by atoms with Crippen molar-refractivity contribution in [2.45, 2.75) is 38.6 Å². The number of hydrogen-bond acceptors (Lipinski definition) is 3. The van der Waals surface area contributed by atoms with Crippen LogP contribution in [0.3, 0.4) is 0 Å². The van der Waals surface area contributed by atoms with Gasteiger partial charge in [-0.15, -0.1) is 0 Å². The lowest BCUT2D eigenvalue weighted by atomic mass is 10.0. The fraction of sp³-hybridized carbons (Fsp3) is 0.364. The van der Waals surface area contributed by atoms with Crippen molar-refractivity contribution in [2.24, 2.45) is 0 Å². The lowest BCUT2D eigenvalue weighted by molar-refractivity contribution is -0.124. The molecule has 1 aliphatic rings. The number of rotatable bonds is 6. The highest BCUT2D eigenvalue weighted by molar-refractivity contribution is 6.42. The number of phenols is 1. The second-order valence-corrected chi connectivity index (χ2v) is 7.98. The summed E-state index contributed by atoms with van der Waals surface area (Å²) in [6.07, 6.45) is 3.35. The molecule has 0 bridgehead atoms. The molecule has 0 spiro atoms. The third-order valence-corrected chi connectivity index (χ3v) is 5.86. The Morgan fingerprint density at radius 2 is 1.97 bits per heavy atom. The lowest BCUT2D eigenvalue weighted by Gasteiger charge is -2.24. The summed E-state index contributed by atoms with van der Waals surface area (Å²) in [5, 5.41) is 14.0. The Bertz CT molecular complexity index is 917.